The van der Waals surface area contributed by atoms with Crippen molar-refractivity contribution in [2.75, 3.05) is 12.3 Å². The first kappa shape index (κ1) is 18.3. The van der Waals surface area contributed by atoms with Crippen LogP contribution in [0, 0.1) is 6.92 Å². The highest BCUT2D eigenvalue weighted by molar-refractivity contribution is 5.85. The quantitative estimate of drug-likeness (QED) is 0.736. The molecule has 2 N–H and O–H groups in total. The Balaban J connectivity index is 1.47. The standard InChI is InChI=1S/C22H25N5O/c1-15-24-21(23)17-12-13-18(26-22(17)25-15)19-10-6-14-27(19)20(28)11-5-9-16-7-3-2-4-8-16/h2-4,7-8,12-13,19H,5-6,9-11,14H2,1H3,(H2,23,24,25,26)/t19-/m0/s1. The predicted molar refractivity (Wildman–Crippen MR) is 110 cm³/mol. The number of aryl methyl sites for hydroxylation is 2. The highest BCUT2D eigenvalue weighted by Crippen LogP contribution is 2.32. The van der Waals surface area contributed by atoms with Crippen molar-refractivity contribution in [3.63, 3.8) is 0 Å². The first-order valence-electron chi connectivity index (χ1n) is 9.86. The first-order chi connectivity index (χ1) is 13.6. The zero-order valence-electron chi connectivity index (χ0n) is 16.1. The van der Waals surface area contributed by atoms with Crippen molar-refractivity contribution < 1.29 is 4.79 Å². The Morgan fingerprint density at radius 2 is 1.96 bits per heavy atom. The van der Waals surface area contributed by atoms with Gasteiger partial charge in [-0.3, -0.25) is 4.79 Å². The fraction of sp³-hybridized carbons (Fsp3) is 0.364. The molecule has 4 rings (SSSR count). The van der Waals surface area contributed by atoms with Gasteiger partial charge in [0.15, 0.2) is 5.65 Å². The van der Waals surface area contributed by atoms with Gasteiger partial charge in [0.2, 0.25) is 5.91 Å². The van der Waals surface area contributed by atoms with Crippen molar-refractivity contribution in [3.05, 3.63) is 59.5 Å². The van der Waals surface area contributed by atoms with E-state index in [2.05, 4.69) is 22.1 Å². The summed E-state index contributed by atoms with van der Waals surface area (Å²) in [6, 6.07) is 14.2. The summed E-state index contributed by atoms with van der Waals surface area (Å²) in [4.78, 5) is 28.1. The number of nitrogens with two attached hydrogens (primary N) is 1. The van der Waals surface area contributed by atoms with Crippen LogP contribution in [0.15, 0.2) is 42.5 Å². The number of nitrogen functional groups attached to an aromatic ring is 1. The van der Waals surface area contributed by atoms with Crippen molar-refractivity contribution >= 4 is 22.8 Å². The van der Waals surface area contributed by atoms with Gasteiger partial charge in [0.05, 0.1) is 17.1 Å². The summed E-state index contributed by atoms with van der Waals surface area (Å²) in [5.41, 5.74) is 8.75. The Kier molecular flexibility index (Phi) is 5.19. The zero-order valence-corrected chi connectivity index (χ0v) is 16.1. The number of carbonyl (C=O) groups is 1. The number of fused-ring (bicyclic) bond motifs is 1. The zero-order chi connectivity index (χ0) is 19.5. The molecule has 1 amide bonds. The predicted octanol–water partition coefficient (Wildman–Crippen LogP) is 3.60. The smallest absolute Gasteiger partial charge is 0.223 e. The molecule has 0 bridgehead atoms. The summed E-state index contributed by atoms with van der Waals surface area (Å²) in [5, 5.41) is 0.757. The van der Waals surface area contributed by atoms with Crippen molar-refractivity contribution in [3.8, 4) is 0 Å². The Morgan fingerprint density at radius 1 is 1.14 bits per heavy atom. The summed E-state index contributed by atoms with van der Waals surface area (Å²) in [6.45, 7) is 2.60. The molecule has 0 unspecified atom stereocenters. The maximum absolute atomic E-state index is 12.8. The molecule has 0 saturated carbocycles. The molecule has 1 aromatic carbocycles. The van der Waals surface area contributed by atoms with Crippen molar-refractivity contribution in [2.45, 2.75) is 45.1 Å². The van der Waals surface area contributed by atoms with Gasteiger partial charge in [-0.05, 0) is 50.3 Å². The minimum Gasteiger partial charge on any atom is -0.383 e. The number of anilines is 1. The van der Waals surface area contributed by atoms with E-state index in [1.807, 2.05) is 42.2 Å². The van der Waals surface area contributed by atoms with Crippen LogP contribution in [0.2, 0.25) is 0 Å². The molecule has 1 aliphatic rings. The fourth-order valence-corrected chi connectivity index (χ4v) is 3.95. The number of pyridine rings is 1. The normalized spacial score (nSPS) is 16.6. The van der Waals surface area contributed by atoms with E-state index in [0.29, 0.717) is 23.7 Å². The Bertz CT molecular complexity index is 989. The summed E-state index contributed by atoms with van der Waals surface area (Å²) in [6.07, 6.45) is 4.28. The molecule has 6 heteroatoms. The Morgan fingerprint density at radius 3 is 2.79 bits per heavy atom. The topological polar surface area (TPSA) is 85.0 Å². The highest BCUT2D eigenvalue weighted by atomic mass is 16.2. The molecule has 28 heavy (non-hydrogen) atoms. The molecule has 1 atom stereocenters. The fourth-order valence-electron chi connectivity index (χ4n) is 3.95. The monoisotopic (exact) mass is 375 g/mol. The molecule has 6 nitrogen and oxygen atoms in total. The second-order valence-electron chi connectivity index (χ2n) is 7.35. The van der Waals surface area contributed by atoms with E-state index in [1.165, 1.54) is 5.56 Å². The number of amides is 1. The SMILES string of the molecule is Cc1nc(N)c2ccc([C@@H]3CCCN3C(=O)CCCc3ccccc3)nc2n1. The van der Waals surface area contributed by atoms with Crippen LogP contribution in [0.5, 0.6) is 0 Å². The number of hydrogen-bond donors (Lipinski definition) is 1. The molecule has 1 fully saturated rings. The van der Waals surface area contributed by atoms with Gasteiger partial charge in [-0.25, -0.2) is 15.0 Å². The lowest BCUT2D eigenvalue weighted by Gasteiger charge is -2.24. The lowest BCUT2D eigenvalue weighted by molar-refractivity contribution is -0.132. The third kappa shape index (κ3) is 3.81. The third-order valence-corrected chi connectivity index (χ3v) is 5.34. The number of aromatic nitrogens is 3. The van der Waals surface area contributed by atoms with E-state index in [-0.39, 0.29) is 11.9 Å². The van der Waals surface area contributed by atoms with Crippen LogP contribution >= 0.6 is 0 Å². The summed E-state index contributed by atoms with van der Waals surface area (Å²) < 4.78 is 0. The lowest BCUT2D eigenvalue weighted by Crippen LogP contribution is -2.30. The molecule has 2 aromatic heterocycles. The van der Waals surface area contributed by atoms with Crippen LogP contribution in [0.25, 0.3) is 11.0 Å². The molecular formula is C22H25N5O. The van der Waals surface area contributed by atoms with E-state index in [4.69, 9.17) is 10.7 Å². The molecule has 144 valence electrons. The van der Waals surface area contributed by atoms with Gasteiger partial charge >= 0.3 is 0 Å². The largest absolute Gasteiger partial charge is 0.383 e. The van der Waals surface area contributed by atoms with Crippen molar-refractivity contribution in [1.29, 1.82) is 0 Å². The molecule has 0 spiro atoms. The van der Waals surface area contributed by atoms with Gasteiger partial charge in [0.1, 0.15) is 11.6 Å². The van der Waals surface area contributed by atoms with Crippen LogP contribution < -0.4 is 5.73 Å². The average Bonchev–Trinajstić information content (AvgIpc) is 3.18. The van der Waals surface area contributed by atoms with E-state index < -0.39 is 0 Å². The molecule has 0 aliphatic carbocycles. The van der Waals surface area contributed by atoms with Gasteiger partial charge in [-0.1, -0.05) is 30.3 Å². The number of rotatable bonds is 5. The lowest BCUT2D eigenvalue weighted by atomic mass is 10.1. The van der Waals surface area contributed by atoms with E-state index in [9.17, 15) is 4.79 Å². The van der Waals surface area contributed by atoms with Crippen molar-refractivity contribution in [1.82, 2.24) is 19.9 Å². The van der Waals surface area contributed by atoms with Gasteiger partial charge in [0, 0.05) is 13.0 Å². The number of carbonyl (C=O) groups excluding carboxylic acids is 1. The van der Waals surface area contributed by atoms with Crippen LogP contribution in [-0.2, 0) is 11.2 Å². The third-order valence-electron chi connectivity index (χ3n) is 5.34. The number of benzene rings is 1. The molecule has 1 saturated heterocycles. The molecule has 3 aromatic rings. The Labute approximate surface area is 164 Å². The molecule has 3 heterocycles. The van der Waals surface area contributed by atoms with Gasteiger partial charge < -0.3 is 10.6 Å². The minimum absolute atomic E-state index is 0.0186. The molecule has 0 radical (unpaired) electrons. The van der Waals surface area contributed by atoms with Crippen molar-refractivity contribution in [2.24, 2.45) is 0 Å². The number of hydrogen-bond acceptors (Lipinski definition) is 5. The first-order valence-corrected chi connectivity index (χ1v) is 9.86. The second-order valence-corrected chi connectivity index (χ2v) is 7.35. The highest BCUT2D eigenvalue weighted by Gasteiger charge is 2.30. The van der Waals surface area contributed by atoms with E-state index >= 15 is 0 Å². The number of nitrogens with zero attached hydrogens (tertiary/aromatic N) is 4. The van der Waals surface area contributed by atoms with Gasteiger partial charge in [0.25, 0.3) is 0 Å². The van der Waals surface area contributed by atoms with Crippen LogP contribution in [0.3, 0.4) is 0 Å². The maximum Gasteiger partial charge on any atom is 0.223 e. The molecule has 1 aliphatic heterocycles. The summed E-state index contributed by atoms with van der Waals surface area (Å²) in [7, 11) is 0. The minimum atomic E-state index is 0.0186. The Hall–Kier alpha value is -3.02. The van der Waals surface area contributed by atoms with Gasteiger partial charge in [-0.15, -0.1) is 0 Å². The van der Waals surface area contributed by atoms with Crippen LogP contribution in [0.4, 0.5) is 5.82 Å². The van der Waals surface area contributed by atoms with E-state index in [0.717, 1.165) is 43.3 Å². The number of likely N-dealkylation sites (tertiary alicyclic amines) is 1. The summed E-state index contributed by atoms with van der Waals surface area (Å²) >= 11 is 0. The molecular weight excluding hydrogens is 350 g/mol. The van der Waals surface area contributed by atoms with Crippen LogP contribution in [0.1, 0.15) is 48.8 Å². The van der Waals surface area contributed by atoms with Crippen LogP contribution in [-0.4, -0.2) is 32.3 Å². The van der Waals surface area contributed by atoms with Gasteiger partial charge in [-0.2, -0.15) is 0 Å². The second kappa shape index (κ2) is 7.92. The van der Waals surface area contributed by atoms with E-state index in [1.54, 1.807) is 0 Å². The maximum atomic E-state index is 12.8. The summed E-state index contributed by atoms with van der Waals surface area (Å²) in [5.74, 6) is 1.26. The average molecular weight is 375 g/mol.